The highest BCUT2D eigenvalue weighted by molar-refractivity contribution is 6.30. The van der Waals surface area contributed by atoms with Gasteiger partial charge in [0.2, 0.25) is 0 Å². The highest BCUT2D eigenvalue weighted by Gasteiger charge is 2.54. The second-order valence-electron chi connectivity index (χ2n) is 9.13. The first-order chi connectivity index (χ1) is 15.2. The molecule has 1 atom stereocenters. The summed E-state index contributed by atoms with van der Waals surface area (Å²) in [6, 6.07) is 7.71. The molecule has 2 N–H and O–H groups in total. The lowest BCUT2D eigenvalue weighted by molar-refractivity contribution is -0.127. The zero-order valence-corrected chi connectivity index (χ0v) is 19.0. The monoisotopic (exact) mass is 459 g/mol. The third kappa shape index (κ3) is 4.58. The van der Waals surface area contributed by atoms with E-state index >= 15 is 0 Å². The van der Waals surface area contributed by atoms with E-state index in [-0.39, 0.29) is 46.2 Å². The van der Waals surface area contributed by atoms with Gasteiger partial charge in [0.05, 0.1) is 5.02 Å². The minimum absolute atomic E-state index is 0.00724. The lowest BCUT2D eigenvalue weighted by Crippen LogP contribution is -2.67. The molecule has 1 heterocycles. The van der Waals surface area contributed by atoms with Crippen LogP contribution in [0.25, 0.3) is 0 Å². The molecule has 3 saturated carbocycles. The summed E-state index contributed by atoms with van der Waals surface area (Å²) in [5.74, 6) is -0.526. The predicted molar refractivity (Wildman–Crippen MR) is 119 cm³/mol. The molecule has 1 aromatic carbocycles. The smallest absolute Gasteiger partial charge is 0.270 e. The van der Waals surface area contributed by atoms with Crippen LogP contribution in [-0.2, 0) is 4.79 Å². The van der Waals surface area contributed by atoms with E-state index < -0.39 is 5.82 Å². The molecule has 0 radical (unpaired) electrons. The van der Waals surface area contributed by atoms with Crippen LogP contribution in [0.2, 0.25) is 5.02 Å². The van der Waals surface area contributed by atoms with Gasteiger partial charge in [-0.05, 0) is 68.7 Å². The molecule has 3 aliphatic carbocycles. The molecule has 0 spiro atoms. The summed E-state index contributed by atoms with van der Waals surface area (Å²) in [5, 5.41) is 6.40. The van der Waals surface area contributed by atoms with Crippen LogP contribution >= 0.6 is 11.6 Å². The summed E-state index contributed by atoms with van der Waals surface area (Å²) in [7, 11) is 0. The molecule has 6 nitrogen and oxygen atoms in total. The van der Waals surface area contributed by atoms with E-state index in [0.29, 0.717) is 5.69 Å². The molecule has 1 aromatic heterocycles. The number of rotatable bonds is 6. The van der Waals surface area contributed by atoms with E-state index in [4.69, 9.17) is 16.3 Å². The molecule has 2 bridgehead atoms. The zero-order chi connectivity index (χ0) is 22.9. The van der Waals surface area contributed by atoms with Crippen molar-refractivity contribution in [3.05, 3.63) is 58.6 Å². The number of aryl methyl sites for hydroxylation is 1. The van der Waals surface area contributed by atoms with Gasteiger partial charge in [0.1, 0.15) is 17.3 Å². The number of amides is 2. The van der Waals surface area contributed by atoms with E-state index in [2.05, 4.69) is 22.5 Å². The number of hydrogen-bond donors (Lipinski definition) is 2. The number of ether oxygens (including phenoxy) is 1. The third-order valence-corrected chi connectivity index (χ3v) is 7.22. The quantitative estimate of drug-likeness (QED) is 0.678. The largest absolute Gasteiger partial charge is 0.484 e. The van der Waals surface area contributed by atoms with Crippen LogP contribution in [0, 0.1) is 18.7 Å². The van der Waals surface area contributed by atoms with E-state index in [9.17, 15) is 14.0 Å². The number of fused-ring (bicyclic) bond motifs is 3. The van der Waals surface area contributed by atoms with Gasteiger partial charge < -0.3 is 15.4 Å². The minimum Gasteiger partial charge on any atom is -0.484 e. The second kappa shape index (κ2) is 8.70. The van der Waals surface area contributed by atoms with Gasteiger partial charge in [0, 0.05) is 23.3 Å². The van der Waals surface area contributed by atoms with Crippen molar-refractivity contribution in [1.82, 2.24) is 15.6 Å². The van der Waals surface area contributed by atoms with Gasteiger partial charge in [-0.1, -0.05) is 24.6 Å². The summed E-state index contributed by atoms with van der Waals surface area (Å²) in [4.78, 5) is 29.6. The van der Waals surface area contributed by atoms with E-state index in [1.807, 2.05) is 13.0 Å². The van der Waals surface area contributed by atoms with Crippen molar-refractivity contribution < 1.29 is 18.7 Å². The van der Waals surface area contributed by atoms with Crippen LogP contribution in [0.3, 0.4) is 0 Å². The summed E-state index contributed by atoms with van der Waals surface area (Å²) in [5.41, 5.74) is 0.838. The highest BCUT2D eigenvalue weighted by atomic mass is 35.5. The average molecular weight is 460 g/mol. The van der Waals surface area contributed by atoms with Crippen molar-refractivity contribution >= 4 is 23.4 Å². The number of halogens is 2. The number of carbonyl (C=O) groups is 2. The molecular weight excluding hydrogens is 433 g/mol. The van der Waals surface area contributed by atoms with Crippen molar-refractivity contribution in [2.24, 2.45) is 5.92 Å². The number of hydrogen-bond acceptors (Lipinski definition) is 4. The van der Waals surface area contributed by atoms with E-state index in [1.165, 1.54) is 12.1 Å². The zero-order valence-electron chi connectivity index (χ0n) is 18.2. The normalized spacial score (nSPS) is 26.4. The number of nitrogens with one attached hydrogen (secondary N) is 2. The van der Waals surface area contributed by atoms with Crippen LogP contribution in [0.15, 0.2) is 36.5 Å². The molecule has 0 saturated heterocycles. The number of pyridine rings is 1. The Morgan fingerprint density at radius 3 is 2.56 bits per heavy atom. The number of nitrogens with zero attached hydrogens (tertiary/aromatic N) is 1. The van der Waals surface area contributed by atoms with Crippen LogP contribution in [0.5, 0.6) is 5.75 Å². The Labute approximate surface area is 191 Å². The molecule has 0 aliphatic heterocycles. The molecule has 1 unspecified atom stereocenters. The Kier molecular flexibility index (Phi) is 6.12. The summed E-state index contributed by atoms with van der Waals surface area (Å²) in [6.07, 6.45) is 5.60. The van der Waals surface area contributed by atoms with Crippen molar-refractivity contribution in [3.63, 3.8) is 0 Å². The summed E-state index contributed by atoms with van der Waals surface area (Å²) < 4.78 is 19.0. The fourth-order valence-corrected chi connectivity index (χ4v) is 5.13. The Morgan fingerprint density at radius 1 is 1.19 bits per heavy atom. The molecule has 2 aromatic rings. The molecule has 3 aliphatic rings. The Balaban J connectivity index is 1.34. The molecular formula is C24H27ClFN3O3. The van der Waals surface area contributed by atoms with Crippen LogP contribution in [0.1, 0.15) is 55.1 Å². The molecule has 8 heteroatoms. The Bertz CT molecular complexity index is 1020. The first kappa shape index (κ1) is 22.5. The number of carbonyl (C=O) groups excluding carboxylic acids is 2. The predicted octanol–water partition coefficient (Wildman–Crippen LogP) is 4.20. The number of aromatic nitrogens is 1. The summed E-state index contributed by atoms with van der Waals surface area (Å²) in [6.45, 7) is 3.86. The van der Waals surface area contributed by atoms with Gasteiger partial charge >= 0.3 is 0 Å². The molecule has 32 heavy (non-hydrogen) atoms. The fourth-order valence-electron chi connectivity index (χ4n) is 5.02. The maximum atomic E-state index is 13.5. The van der Waals surface area contributed by atoms with Gasteiger partial charge in [-0.15, -0.1) is 0 Å². The summed E-state index contributed by atoms with van der Waals surface area (Å²) >= 11 is 5.67. The lowest BCUT2D eigenvalue weighted by Gasteiger charge is -2.57. The molecule has 170 valence electrons. The van der Waals surface area contributed by atoms with Crippen LogP contribution in [0.4, 0.5) is 4.39 Å². The lowest BCUT2D eigenvalue weighted by atomic mass is 9.56. The second-order valence-corrected chi connectivity index (χ2v) is 9.54. The number of benzene rings is 1. The van der Waals surface area contributed by atoms with Crippen molar-refractivity contribution in [2.75, 3.05) is 6.61 Å². The van der Waals surface area contributed by atoms with Crippen LogP contribution in [-0.4, -0.2) is 34.5 Å². The van der Waals surface area contributed by atoms with Crippen LogP contribution < -0.4 is 15.4 Å². The van der Waals surface area contributed by atoms with Gasteiger partial charge in [0.25, 0.3) is 11.8 Å². The standard InChI is InChI=1S/C24H27ClFN3O3/c1-15-3-6-20(27-13-15)22(31)29-24-9-7-23(8-10-24,12-16(24)2)28-21(30)14-32-17-4-5-18(25)19(26)11-17/h3-6,11,13,16H,7-10,12,14H2,1-2H3,(H,28,30)(H,29,31). The molecule has 2 amide bonds. The first-order valence-corrected chi connectivity index (χ1v) is 11.2. The van der Waals surface area contributed by atoms with E-state index in [1.54, 1.807) is 12.3 Å². The van der Waals surface area contributed by atoms with Crippen molar-refractivity contribution in [1.29, 1.82) is 0 Å². The average Bonchev–Trinajstić information content (AvgIpc) is 2.76. The van der Waals surface area contributed by atoms with E-state index in [0.717, 1.165) is 43.7 Å². The topological polar surface area (TPSA) is 80.3 Å². The molecule has 5 rings (SSSR count). The third-order valence-electron chi connectivity index (χ3n) is 6.91. The van der Waals surface area contributed by atoms with Gasteiger partial charge in [-0.3, -0.25) is 14.6 Å². The highest BCUT2D eigenvalue weighted by Crippen LogP contribution is 2.50. The van der Waals surface area contributed by atoms with Gasteiger partial charge in [0.15, 0.2) is 6.61 Å². The van der Waals surface area contributed by atoms with Crippen molar-refractivity contribution in [2.45, 2.75) is 57.0 Å². The van der Waals surface area contributed by atoms with Gasteiger partial charge in [-0.2, -0.15) is 0 Å². The maximum Gasteiger partial charge on any atom is 0.270 e. The first-order valence-electron chi connectivity index (χ1n) is 10.8. The minimum atomic E-state index is -0.587. The maximum absolute atomic E-state index is 13.5. The Hall–Kier alpha value is -2.67. The molecule has 3 fully saturated rings. The SMILES string of the molecule is Cc1ccc(C(=O)NC23CCC(NC(=O)COc4ccc(Cl)c(F)c4)(CC2)CC3C)nc1. The van der Waals surface area contributed by atoms with Gasteiger partial charge in [-0.25, -0.2) is 4.39 Å². The van der Waals surface area contributed by atoms with Crippen molar-refractivity contribution in [3.8, 4) is 5.75 Å². The fraction of sp³-hybridized carbons (Fsp3) is 0.458. The Morgan fingerprint density at radius 2 is 1.94 bits per heavy atom.